The van der Waals surface area contributed by atoms with E-state index in [1.165, 1.54) is 24.0 Å². The number of fused-ring (bicyclic) bond motifs is 1. The lowest BCUT2D eigenvalue weighted by molar-refractivity contribution is -0.147. The van der Waals surface area contributed by atoms with Crippen LogP contribution in [0, 0.1) is 0 Å². The van der Waals surface area contributed by atoms with Crippen LogP contribution in [-0.2, 0) is 16.0 Å². The molecular formula is C20H26N2O2. The highest BCUT2D eigenvalue weighted by Gasteiger charge is 2.34. The molecular weight excluding hydrogens is 300 g/mol. The number of hydrogen-bond acceptors (Lipinski definition) is 2. The number of nitrogens with zero attached hydrogens (tertiary/aromatic N) is 2. The molecule has 1 atom stereocenters. The average Bonchev–Trinajstić information content (AvgIpc) is 3.25. The summed E-state index contributed by atoms with van der Waals surface area (Å²) < 4.78 is 0. The van der Waals surface area contributed by atoms with E-state index >= 15 is 0 Å². The smallest absolute Gasteiger partial charge is 0.242 e. The van der Waals surface area contributed by atoms with Crippen LogP contribution in [0.1, 0.15) is 55.6 Å². The zero-order valence-corrected chi connectivity index (χ0v) is 14.2. The summed E-state index contributed by atoms with van der Waals surface area (Å²) in [5.41, 5.74) is 2.72. The van der Waals surface area contributed by atoms with Gasteiger partial charge < -0.3 is 9.80 Å². The van der Waals surface area contributed by atoms with Crippen molar-refractivity contribution in [2.24, 2.45) is 0 Å². The van der Waals surface area contributed by atoms with Gasteiger partial charge in [0.05, 0.1) is 6.54 Å². The molecule has 24 heavy (non-hydrogen) atoms. The molecule has 3 aliphatic rings. The highest BCUT2D eigenvalue weighted by molar-refractivity contribution is 5.86. The van der Waals surface area contributed by atoms with E-state index in [0.29, 0.717) is 24.9 Å². The summed E-state index contributed by atoms with van der Waals surface area (Å²) in [4.78, 5) is 29.0. The fraction of sp³-hybridized carbons (Fsp3) is 0.600. The molecule has 4 rings (SSSR count). The zero-order chi connectivity index (χ0) is 16.5. The minimum atomic E-state index is 0.147. The SMILES string of the molecule is O=C(C[C@H]1CCc2ccccc21)N1CCN(C2CCCC2)C(=O)C1. The van der Waals surface area contributed by atoms with Crippen molar-refractivity contribution in [2.75, 3.05) is 19.6 Å². The monoisotopic (exact) mass is 326 g/mol. The first-order chi connectivity index (χ1) is 11.7. The van der Waals surface area contributed by atoms with Gasteiger partial charge in [-0.25, -0.2) is 0 Å². The van der Waals surface area contributed by atoms with Crippen molar-refractivity contribution in [3.8, 4) is 0 Å². The molecule has 2 aliphatic carbocycles. The number of hydrogen-bond donors (Lipinski definition) is 0. The van der Waals surface area contributed by atoms with Crippen molar-refractivity contribution in [3.63, 3.8) is 0 Å². The summed E-state index contributed by atoms with van der Waals surface area (Å²) in [6, 6.07) is 8.89. The van der Waals surface area contributed by atoms with Crippen molar-refractivity contribution < 1.29 is 9.59 Å². The second kappa shape index (κ2) is 6.58. The number of amides is 2. The van der Waals surface area contributed by atoms with Gasteiger partial charge in [-0.05, 0) is 42.7 Å². The van der Waals surface area contributed by atoms with E-state index in [1.807, 2.05) is 4.90 Å². The molecule has 2 amide bonds. The number of carbonyl (C=O) groups excluding carboxylic acids is 2. The van der Waals surface area contributed by atoms with Gasteiger partial charge in [-0.15, -0.1) is 0 Å². The first-order valence-electron chi connectivity index (χ1n) is 9.37. The van der Waals surface area contributed by atoms with Crippen LogP contribution in [0.15, 0.2) is 24.3 Å². The summed E-state index contributed by atoms with van der Waals surface area (Å²) in [6.07, 6.45) is 7.42. The molecule has 0 aromatic heterocycles. The fourth-order valence-electron chi connectivity index (χ4n) is 4.70. The molecule has 4 heteroatoms. The Balaban J connectivity index is 1.35. The lowest BCUT2D eigenvalue weighted by Gasteiger charge is -2.38. The van der Waals surface area contributed by atoms with Crippen LogP contribution >= 0.6 is 0 Å². The van der Waals surface area contributed by atoms with Crippen LogP contribution in [0.3, 0.4) is 0 Å². The van der Waals surface area contributed by atoms with Crippen LogP contribution in [0.5, 0.6) is 0 Å². The van der Waals surface area contributed by atoms with Crippen molar-refractivity contribution in [2.45, 2.75) is 56.9 Å². The summed E-state index contributed by atoms with van der Waals surface area (Å²) in [6.45, 7) is 1.70. The normalized spacial score (nSPS) is 24.5. The maximum atomic E-state index is 12.7. The standard InChI is InChI=1S/C20H26N2O2/c23-19(13-16-10-9-15-5-1-4-8-18(15)16)21-11-12-22(20(24)14-21)17-6-2-3-7-17/h1,4-5,8,16-17H,2-3,6-7,9-14H2/t16-/m1/s1. The Morgan fingerprint density at radius 3 is 2.67 bits per heavy atom. The molecule has 0 spiro atoms. The first kappa shape index (κ1) is 15.7. The van der Waals surface area contributed by atoms with E-state index < -0.39 is 0 Å². The van der Waals surface area contributed by atoms with Crippen LogP contribution in [-0.4, -0.2) is 47.3 Å². The highest BCUT2D eigenvalue weighted by Crippen LogP contribution is 2.35. The molecule has 1 heterocycles. The summed E-state index contributed by atoms with van der Waals surface area (Å²) in [5, 5.41) is 0. The molecule has 1 aliphatic heterocycles. The molecule has 128 valence electrons. The summed E-state index contributed by atoms with van der Waals surface area (Å²) in [5.74, 6) is 0.626. The molecule has 2 fully saturated rings. The topological polar surface area (TPSA) is 40.6 Å². The highest BCUT2D eigenvalue weighted by atomic mass is 16.2. The second-order valence-corrected chi connectivity index (χ2v) is 7.48. The largest absolute Gasteiger partial charge is 0.336 e. The Kier molecular flexibility index (Phi) is 4.30. The molecule has 0 bridgehead atoms. The molecule has 1 saturated carbocycles. The number of carbonyl (C=O) groups is 2. The van der Waals surface area contributed by atoms with E-state index in [9.17, 15) is 9.59 Å². The zero-order valence-electron chi connectivity index (χ0n) is 14.2. The number of aryl methyl sites for hydroxylation is 1. The minimum absolute atomic E-state index is 0.147. The van der Waals surface area contributed by atoms with E-state index in [2.05, 4.69) is 24.3 Å². The minimum Gasteiger partial charge on any atom is -0.336 e. The van der Waals surface area contributed by atoms with Gasteiger partial charge in [0.2, 0.25) is 11.8 Å². The van der Waals surface area contributed by atoms with Crippen LogP contribution in [0.25, 0.3) is 0 Å². The van der Waals surface area contributed by atoms with E-state index in [0.717, 1.165) is 32.2 Å². The van der Waals surface area contributed by atoms with Gasteiger partial charge in [0.25, 0.3) is 0 Å². The number of benzene rings is 1. The quantitative estimate of drug-likeness (QED) is 0.857. The number of rotatable bonds is 3. The third-order valence-electron chi connectivity index (χ3n) is 6.05. The third kappa shape index (κ3) is 2.94. The van der Waals surface area contributed by atoms with E-state index in [-0.39, 0.29) is 18.4 Å². The lowest BCUT2D eigenvalue weighted by Crippen LogP contribution is -2.55. The Morgan fingerprint density at radius 1 is 1.08 bits per heavy atom. The van der Waals surface area contributed by atoms with Crippen molar-refractivity contribution in [3.05, 3.63) is 35.4 Å². The van der Waals surface area contributed by atoms with Gasteiger partial charge >= 0.3 is 0 Å². The molecule has 0 N–H and O–H groups in total. The molecule has 1 aromatic rings. The second-order valence-electron chi connectivity index (χ2n) is 7.48. The Morgan fingerprint density at radius 2 is 1.88 bits per heavy atom. The number of piperazine rings is 1. The van der Waals surface area contributed by atoms with Gasteiger partial charge in [-0.3, -0.25) is 9.59 Å². The Hall–Kier alpha value is -1.84. The van der Waals surface area contributed by atoms with Gasteiger partial charge in [-0.2, -0.15) is 0 Å². The first-order valence-corrected chi connectivity index (χ1v) is 9.37. The maximum Gasteiger partial charge on any atom is 0.242 e. The van der Waals surface area contributed by atoms with Gasteiger partial charge in [0.15, 0.2) is 0 Å². The summed E-state index contributed by atoms with van der Waals surface area (Å²) >= 11 is 0. The van der Waals surface area contributed by atoms with Crippen LogP contribution < -0.4 is 0 Å². The maximum absolute atomic E-state index is 12.7. The van der Waals surface area contributed by atoms with Gasteiger partial charge in [0, 0.05) is 25.6 Å². The molecule has 1 aromatic carbocycles. The van der Waals surface area contributed by atoms with Crippen LogP contribution in [0.2, 0.25) is 0 Å². The van der Waals surface area contributed by atoms with E-state index in [1.54, 1.807) is 4.90 Å². The Labute approximate surface area is 143 Å². The molecule has 1 saturated heterocycles. The van der Waals surface area contributed by atoms with Gasteiger partial charge in [0.1, 0.15) is 0 Å². The van der Waals surface area contributed by atoms with Crippen molar-refractivity contribution in [1.82, 2.24) is 9.80 Å². The van der Waals surface area contributed by atoms with Crippen LogP contribution in [0.4, 0.5) is 0 Å². The average molecular weight is 326 g/mol. The third-order valence-corrected chi connectivity index (χ3v) is 6.05. The van der Waals surface area contributed by atoms with Crippen molar-refractivity contribution in [1.29, 1.82) is 0 Å². The Bertz CT molecular complexity index is 636. The van der Waals surface area contributed by atoms with Crippen molar-refractivity contribution >= 4 is 11.8 Å². The molecule has 4 nitrogen and oxygen atoms in total. The predicted octanol–water partition coefficient (Wildman–Crippen LogP) is 2.72. The summed E-state index contributed by atoms with van der Waals surface area (Å²) in [7, 11) is 0. The molecule has 0 radical (unpaired) electrons. The predicted molar refractivity (Wildman–Crippen MR) is 92.7 cm³/mol. The fourth-order valence-corrected chi connectivity index (χ4v) is 4.70. The van der Waals surface area contributed by atoms with Gasteiger partial charge in [-0.1, -0.05) is 37.1 Å². The lowest BCUT2D eigenvalue weighted by atomic mass is 9.97. The molecule has 0 unspecified atom stereocenters. The van der Waals surface area contributed by atoms with E-state index in [4.69, 9.17) is 0 Å².